The van der Waals surface area contributed by atoms with Crippen molar-refractivity contribution in [3.63, 3.8) is 0 Å². The summed E-state index contributed by atoms with van der Waals surface area (Å²) >= 11 is 0. The highest BCUT2D eigenvalue weighted by molar-refractivity contribution is 6.23. The second-order valence-corrected chi connectivity index (χ2v) is 7.21. The number of benzene rings is 2. The summed E-state index contributed by atoms with van der Waals surface area (Å²) in [7, 11) is 1.60. The molecule has 1 aromatic heterocycles. The van der Waals surface area contributed by atoms with E-state index >= 15 is 0 Å². The molecule has 1 unspecified atom stereocenters. The minimum absolute atomic E-state index is 0.0948. The predicted molar refractivity (Wildman–Crippen MR) is 107 cm³/mol. The number of H-pyrrole nitrogens is 1. The minimum atomic E-state index is -0.553. The van der Waals surface area contributed by atoms with Crippen LogP contribution in [-0.4, -0.2) is 15.3 Å². The van der Waals surface area contributed by atoms with Gasteiger partial charge in [-0.2, -0.15) is 0 Å². The third-order valence-corrected chi connectivity index (χ3v) is 5.55. The number of aromatic nitrogens is 2. The minimum Gasteiger partial charge on any atom is -0.340 e. The SMILES string of the molecule is Cc1ccc(C2C3=C(Nc4c2c(=O)[nH]c(=O)n4C)c2ccccc2C3=O)cc1. The summed E-state index contributed by atoms with van der Waals surface area (Å²) in [6, 6.07) is 15.1. The molecule has 0 saturated carbocycles. The van der Waals surface area contributed by atoms with Crippen LogP contribution in [0.2, 0.25) is 0 Å². The van der Waals surface area contributed by atoms with Gasteiger partial charge >= 0.3 is 5.69 Å². The van der Waals surface area contributed by atoms with Crippen LogP contribution in [-0.2, 0) is 7.05 Å². The van der Waals surface area contributed by atoms with Crippen molar-refractivity contribution in [2.45, 2.75) is 12.8 Å². The lowest BCUT2D eigenvalue weighted by molar-refractivity contribution is 0.103. The summed E-state index contributed by atoms with van der Waals surface area (Å²) in [5, 5.41) is 3.21. The largest absolute Gasteiger partial charge is 0.340 e. The Labute approximate surface area is 160 Å². The van der Waals surface area contributed by atoms with Crippen molar-refractivity contribution >= 4 is 17.3 Å². The molecule has 2 N–H and O–H groups in total. The van der Waals surface area contributed by atoms with Gasteiger partial charge in [0.2, 0.25) is 0 Å². The average molecular weight is 371 g/mol. The lowest BCUT2D eigenvalue weighted by Gasteiger charge is -2.29. The Morgan fingerprint density at radius 1 is 0.929 bits per heavy atom. The van der Waals surface area contributed by atoms with Gasteiger partial charge in [-0.1, -0.05) is 54.1 Å². The van der Waals surface area contributed by atoms with Gasteiger partial charge in [-0.05, 0) is 12.5 Å². The molecule has 0 bridgehead atoms. The van der Waals surface area contributed by atoms with Gasteiger partial charge in [-0.25, -0.2) is 4.79 Å². The van der Waals surface area contributed by atoms with E-state index < -0.39 is 17.2 Å². The quantitative estimate of drug-likeness (QED) is 0.689. The van der Waals surface area contributed by atoms with Gasteiger partial charge in [-0.15, -0.1) is 0 Å². The number of aryl methyl sites for hydroxylation is 1. The topological polar surface area (TPSA) is 84.0 Å². The van der Waals surface area contributed by atoms with Gasteiger partial charge in [0.05, 0.1) is 11.3 Å². The van der Waals surface area contributed by atoms with E-state index in [0.29, 0.717) is 28.2 Å². The van der Waals surface area contributed by atoms with Crippen LogP contribution in [0.1, 0.15) is 38.5 Å². The lowest BCUT2D eigenvalue weighted by Crippen LogP contribution is -2.37. The van der Waals surface area contributed by atoms with Gasteiger partial charge in [0.15, 0.2) is 5.78 Å². The summed E-state index contributed by atoms with van der Waals surface area (Å²) in [6.45, 7) is 1.98. The van der Waals surface area contributed by atoms with Crippen molar-refractivity contribution in [1.82, 2.24) is 9.55 Å². The molecule has 0 amide bonds. The highest BCUT2D eigenvalue weighted by atomic mass is 16.2. The summed E-state index contributed by atoms with van der Waals surface area (Å²) in [6.07, 6.45) is 0. The average Bonchev–Trinajstić information content (AvgIpc) is 2.98. The number of hydrogen-bond donors (Lipinski definition) is 2. The van der Waals surface area contributed by atoms with Crippen molar-refractivity contribution < 1.29 is 4.79 Å². The molecule has 0 radical (unpaired) electrons. The van der Waals surface area contributed by atoms with E-state index in [9.17, 15) is 14.4 Å². The van der Waals surface area contributed by atoms with Crippen molar-refractivity contribution in [3.05, 3.63) is 103 Å². The molecule has 5 rings (SSSR count). The molecule has 3 aromatic rings. The fourth-order valence-corrected chi connectivity index (χ4v) is 4.12. The maximum atomic E-state index is 13.3. The van der Waals surface area contributed by atoms with E-state index in [4.69, 9.17) is 0 Å². The maximum absolute atomic E-state index is 13.3. The molecule has 138 valence electrons. The fraction of sp³-hybridized carbons (Fsp3) is 0.136. The van der Waals surface area contributed by atoms with E-state index in [1.54, 1.807) is 13.1 Å². The number of nitrogens with one attached hydrogen (secondary N) is 2. The molecule has 0 saturated heterocycles. The fourth-order valence-electron chi connectivity index (χ4n) is 4.12. The zero-order chi connectivity index (χ0) is 19.6. The second kappa shape index (κ2) is 5.66. The van der Waals surface area contributed by atoms with E-state index in [1.807, 2.05) is 49.4 Å². The number of ketones is 1. The Balaban J connectivity index is 1.87. The van der Waals surface area contributed by atoms with Gasteiger partial charge in [-0.3, -0.25) is 19.1 Å². The Kier molecular flexibility index (Phi) is 3.34. The molecule has 1 aliphatic carbocycles. The summed E-state index contributed by atoms with van der Waals surface area (Å²) in [5.41, 5.74) is 3.93. The summed E-state index contributed by atoms with van der Waals surface area (Å²) in [4.78, 5) is 40.6. The number of hydrogen-bond acceptors (Lipinski definition) is 4. The Morgan fingerprint density at radius 2 is 1.61 bits per heavy atom. The molecule has 0 fully saturated rings. The normalized spacial score (nSPS) is 17.1. The highest BCUT2D eigenvalue weighted by Crippen LogP contribution is 2.47. The first kappa shape index (κ1) is 16.5. The molecular weight excluding hydrogens is 354 g/mol. The van der Waals surface area contributed by atoms with Crippen molar-refractivity contribution in [3.8, 4) is 0 Å². The predicted octanol–water partition coefficient (Wildman–Crippen LogP) is 2.55. The zero-order valence-electron chi connectivity index (χ0n) is 15.4. The van der Waals surface area contributed by atoms with Crippen LogP contribution in [0, 0.1) is 6.92 Å². The smallest absolute Gasteiger partial charge is 0.329 e. The van der Waals surface area contributed by atoms with Crippen molar-refractivity contribution in [1.29, 1.82) is 0 Å². The van der Waals surface area contributed by atoms with Crippen LogP contribution < -0.4 is 16.6 Å². The number of aromatic amines is 1. The summed E-state index contributed by atoms with van der Waals surface area (Å²) in [5.74, 6) is -0.229. The molecule has 1 atom stereocenters. The number of carbonyl (C=O) groups excluding carboxylic acids is 1. The van der Waals surface area contributed by atoms with E-state index in [2.05, 4.69) is 10.3 Å². The van der Waals surface area contributed by atoms with E-state index in [1.165, 1.54) is 4.57 Å². The van der Waals surface area contributed by atoms with Crippen LogP contribution in [0.25, 0.3) is 5.70 Å². The molecule has 2 heterocycles. The first-order chi connectivity index (χ1) is 13.5. The number of nitrogens with zero attached hydrogens (tertiary/aromatic N) is 1. The maximum Gasteiger partial charge on any atom is 0.329 e. The zero-order valence-corrected chi connectivity index (χ0v) is 15.4. The first-order valence-electron chi connectivity index (χ1n) is 9.02. The monoisotopic (exact) mass is 371 g/mol. The number of fused-ring (bicyclic) bond motifs is 3. The standard InChI is InChI=1S/C22H17N3O3/c1-11-7-9-12(10-8-11)15-16-18(13-5-3-4-6-14(13)19(16)26)23-20-17(15)21(27)24-22(28)25(20)2/h3-10,15,23H,1-2H3,(H,24,27,28). The molecule has 6 nitrogen and oxygen atoms in total. The molecule has 1 aliphatic heterocycles. The molecular formula is C22H17N3O3. The van der Waals surface area contributed by atoms with Gasteiger partial charge in [0, 0.05) is 29.7 Å². The Bertz CT molecular complexity index is 1310. The van der Waals surface area contributed by atoms with Crippen LogP contribution in [0.4, 0.5) is 5.82 Å². The highest BCUT2D eigenvalue weighted by Gasteiger charge is 2.42. The number of anilines is 1. The van der Waals surface area contributed by atoms with Gasteiger partial charge in [0.25, 0.3) is 5.56 Å². The first-order valence-corrected chi connectivity index (χ1v) is 9.02. The van der Waals surface area contributed by atoms with Crippen LogP contribution >= 0.6 is 0 Å². The molecule has 6 heteroatoms. The third-order valence-electron chi connectivity index (χ3n) is 5.55. The van der Waals surface area contributed by atoms with Crippen LogP contribution in [0.3, 0.4) is 0 Å². The van der Waals surface area contributed by atoms with Gasteiger partial charge < -0.3 is 5.32 Å². The van der Waals surface area contributed by atoms with Crippen LogP contribution in [0.5, 0.6) is 0 Å². The Hall–Kier alpha value is -3.67. The summed E-state index contributed by atoms with van der Waals surface area (Å²) < 4.78 is 1.38. The molecule has 2 aromatic carbocycles. The van der Waals surface area contributed by atoms with Crippen molar-refractivity contribution in [2.75, 3.05) is 5.32 Å². The van der Waals surface area contributed by atoms with Gasteiger partial charge in [0.1, 0.15) is 5.82 Å². The molecule has 2 aliphatic rings. The third kappa shape index (κ3) is 2.11. The lowest BCUT2D eigenvalue weighted by atomic mass is 9.81. The van der Waals surface area contributed by atoms with E-state index in [-0.39, 0.29) is 5.78 Å². The number of allylic oxidation sites excluding steroid dienone is 1. The Morgan fingerprint density at radius 3 is 2.32 bits per heavy atom. The van der Waals surface area contributed by atoms with E-state index in [0.717, 1.165) is 16.7 Å². The number of carbonyl (C=O) groups is 1. The number of Topliss-reactive ketones (excluding diaryl/α,β-unsaturated/α-hetero) is 1. The second-order valence-electron chi connectivity index (χ2n) is 7.21. The molecule has 28 heavy (non-hydrogen) atoms. The molecule has 0 spiro atoms. The number of rotatable bonds is 1. The van der Waals surface area contributed by atoms with Crippen LogP contribution in [0.15, 0.2) is 63.7 Å². The van der Waals surface area contributed by atoms with Crippen molar-refractivity contribution in [2.24, 2.45) is 7.05 Å².